The van der Waals surface area contributed by atoms with Crippen molar-refractivity contribution in [2.24, 2.45) is 5.92 Å². The van der Waals surface area contributed by atoms with Crippen LogP contribution >= 0.6 is 0 Å². The normalized spacial score (nSPS) is 26.3. The van der Waals surface area contributed by atoms with Crippen molar-refractivity contribution < 1.29 is 9.32 Å². The van der Waals surface area contributed by atoms with Crippen LogP contribution in [0.3, 0.4) is 0 Å². The lowest BCUT2D eigenvalue weighted by molar-refractivity contribution is -0.125. The lowest BCUT2D eigenvalue weighted by Gasteiger charge is -2.23. The summed E-state index contributed by atoms with van der Waals surface area (Å²) in [6.07, 6.45) is 9.33. The predicted octanol–water partition coefficient (Wildman–Crippen LogP) is 1.59. The van der Waals surface area contributed by atoms with Crippen molar-refractivity contribution in [2.75, 3.05) is 13.1 Å². The van der Waals surface area contributed by atoms with Gasteiger partial charge in [0.2, 0.25) is 17.6 Å². The van der Waals surface area contributed by atoms with E-state index in [1.54, 1.807) is 18.6 Å². The number of amides is 1. The van der Waals surface area contributed by atoms with Crippen LogP contribution in [0.15, 0.2) is 35.8 Å². The average Bonchev–Trinajstić information content (AvgIpc) is 3.28. The summed E-state index contributed by atoms with van der Waals surface area (Å²) in [5.74, 6) is 1.38. The number of carbonyl (C=O) groups excluding carboxylic acids is 1. The Bertz CT molecular complexity index is 744. The van der Waals surface area contributed by atoms with Gasteiger partial charge in [0.05, 0.1) is 11.6 Å². The molecule has 0 spiro atoms. The summed E-state index contributed by atoms with van der Waals surface area (Å²) in [6.45, 7) is 4.93. The Morgan fingerprint density at radius 2 is 2.39 bits per heavy atom. The highest BCUT2D eigenvalue weighted by Crippen LogP contribution is 2.50. The number of aromatic nitrogens is 4. The van der Waals surface area contributed by atoms with Gasteiger partial charge in [0.25, 0.3) is 0 Å². The summed E-state index contributed by atoms with van der Waals surface area (Å²) in [6, 6.07) is 0. The average molecular weight is 311 g/mol. The number of hydrogen-bond acceptors (Lipinski definition) is 6. The van der Waals surface area contributed by atoms with Crippen LogP contribution in [0, 0.1) is 5.92 Å². The second-order valence-electron chi connectivity index (χ2n) is 6.18. The Labute approximate surface area is 133 Å². The van der Waals surface area contributed by atoms with Gasteiger partial charge in [-0.3, -0.25) is 9.78 Å². The number of likely N-dealkylation sites (tertiary alicyclic amines) is 1. The van der Waals surface area contributed by atoms with Crippen LogP contribution in [0.4, 0.5) is 0 Å². The molecule has 2 atom stereocenters. The van der Waals surface area contributed by atoms with Crippen molar-refractivity contribution in [3.8, 4) is 11.5 Å². The Morgan fingerprint density at radius 3 is 3.17 bits per heavy atom. The van der Waals surface area contributed by atoms with Crippen LogP contribution in [-0.4, -0.2) is 44.0 Å². The third kappa shape index (κ3) is 2.15. The molecule has 2 fully saturated rings. The first-order valence-corrected chi connectivity index (χ1v) is 7.75. The number of carbonyl (C=O) groups is 1. The van der Waals surface area contributed by atoms with Gasteiger partial charge in [0.15, 0.2) is 0 Å². The third-order valence-corrected chi connectivity index (χ3v) is 5.00. The molecule has 0 bridgehead atoms. The highest BCUT2D eigenvalue weighted by molar-refractivity contribution is 5.87. The molecule has 1 aliphatic carbocycles. The van der Waals surface area contributed by atoms with Crippen molar-refractivity contribution >= 4 is 5.91 Å². The molecule has 118 valence electrons. The number of nitrogens with zero attached hydrogens (tertiary/aromatic N) is 5. The van der Waals surface area contributed by atoms with E-state index in [9.17, 15) is 4.79 Å². The molecule has 0 N–H and O–H groups in total. The molecule has 0 radical (unpaired) electrons. The fourth-order valence-electron chi connectivity index (χ4n) is 3.88. The third-order valence-electron chi connectivity index (χ3n) is 5.00. The van der Waals surface area contributed by atoms with Gasteiger partial charge in [-0.05, 0) is 24.8 Å². The van der Waals surface area contributed by atoms with Crippen molar-refractivity contribution in [2.45, 2.75) is 24.7 Å². The summed E-state index contributed by atoms with van der Waals surface area (Å²) in [5.41, 5.74) is 0.358. The molecule has 1 amide bonds. The fourth-order valence-corrected chi connectivity index (χ4v) is 3.88. The van der Waals surface area contributed by atoms with Crippen molar-refractivity contribution in [3.05, 3.63) is 37.1 Å². The number of hydrogen-bond donors (Lipinski definition) is 0. The highest BCUT2D eigenvalue weighted by Gasteiger charge is 2.55. The van der Waals surface area contributed by atoms with Crippen molar-refractivity contribution in [3.63, 3.8) is 0 Å². The van der Waals surface area contributed by atoms with Gasteiger partial charge in [-0.1, -0.05) is 18.2 Å². The summed E-state index contributed by atoms with van der Waals surface area (Å²) < 4.78 is 5.58. The molecular weight excluding hydrogens is 294 g/mol. The van der Waals surface area contributed by atoms with Crippen LogP contribution in [0.1, 0.15) is 25.2 Å². The van der Waals surface area contributed by atoms with E-state index in [1.165, 1.54) is 6.08 Å². The van der Waals surface area contributed by atoms with Gasteiger partial charge in [0, 0.05) is 25.5 Å². The molecule has 0 aromatic carbocycles. The monoisotopic (exact) mass is 311 g/mol. The second-order valence-corrected chi connectivity index (χ2v) is 6.18. The minimum Gasteiger partial charge on any atom is -0.338 e. The number of fused-ring (bicyclic) bond motifs is 1. The Balaban J connectivity index is 1.68. The van der Waals surface area contributed by atoms with Gasteiger partial charge >= 0.3 is 0 Å². The van der Waals surface area contributed by atoms with E-state index in [0.717, 1.165) is 25.8 Å². The largest absolute Gasteiger partial charge is 0.338 e. The molecule has 7 heteroatoms. The van der Waals surface area contributed by atoms with Crippen LogP contribution in [0.2, 0.25) is 0 Å². The maximum absolute atomic E-state index is 12.0. The van der Waals surface area contributed by atoms with Gasteiger partial charge in [-0.2, -0.15) is 4.98 Å². The molecule has 2 aromatic rings. The van der Waals surface area contributed by atoms with Gasteiger partial charge in [0.1, 0.15) is 5.69 Å². The summed E-state index contributed by atoms with van der Waals surface area (Å²) in [5, 5.41) is 4.06. The summed E-state index contributed by atoms with van der Waals surface area (Å²) >= 11 is 0. The molecule has 1 aliphatic heterocycles. The topological polar surface area (TPSA) is 85.0 Å². The van der Waals surface area contributed by atoms with E-state index in [0.29, 0.717) is 29.9 Å². The SMILES string of the molecule is C=CC(=O)N1C[C@H]2CCC[C@@]2(c2nc(-c3cnccn3)no2)C1. The molecule has 1 saturated carbocycles. The Morgan fingerprint density at radius 1 is 1.48 bits per heavy atom. The Kier molecular flexibility index (Phi) is 3.21. The van der Waals surface area contributed by atoms with E-state index < -0.39 is 0 Å². The molecule has 4 rings (SSSR count). The zero-order valence-corrected chi connectivity index (χ0v) is 12.7. The number of rotatable bonds is 3. The van der Waals surface area contributed by atoms with Gasteiger partial charge < -0.3 is 9.42 Å². The van der Waals surface area contributed by atoms with Gasteiger partial charge in [-0.25, -0.2) is 4.98 Å². The zero-order chi connectivity index (χ0) is 15.9. The lowest BCUT2D eigenvalue weighted by atomic mass is 9.80. The minimum atomic E-state index is -0.230. The van der Waals surface area contributed by atoms with E-state index in [4.69, 9.17) is 4.52 Å². The maximum atomic E-state index is 12.0. The second kappa shape index (κ2) is 5.26. The molecule has 2 aromatic heterocycles. The van der Waals surface area contributed by atoms with Crippen LogP contribution in [0.25, 0.3) is 11.5 Å². The van der Waals surface area contributed by atoms with Crippen molar-refractivity contribution in [1.29, 1.82) is 0 Å². The first kappa shape index (κ1) is 14.0. The van der Waals surface area contributed by atoms with E-state index in [1.807, 2.05) is 4.90 Å². The molecule has 23 heavy (non-hydrogen) atoms. The van der Waals surface area contributed by atoms with Crippen LogP contribution < -0.4 is 0 Å². The molecule has 3 heterocycles. The predicted molar refractivity (Wildman–Crippen MR) is 81.1 cm³/mol. The standard InChI is InChI=1S/C16H17N5O2/c1-2-13(22)21-9-11-4-3-5-16(11,10-21)15-19-14(20-23-15)12-8-17-6-7-18-12/h2,6-8,11H,1,3-5,9-10H2/t11-,16-/m1/s1. The molecule has 0 unspecified atom stereocenters. The minimum absolute atomic E-state index is 0.0348. The molecule has 1 saturated heterocycles. The van der Waals surface area contributed by atoms with Crippen molar-refractivity contribution in [1.82, 2.24) is 25.0 Å². The Hall–Kier alpha value is -2.57. The first-order valence-electron chi connectivity index (χ1n) is 7.75. The zero-order valence-electron chi connectivity index (χ0n) is 12.7. The van der Waals surface area contributed by atoms with Crippen LogP contribution in [-0.2, 0) is 10.2 Å². The summed E-state index contributed by atoms with van der Waals surface area (Å²) in [7, 11) is 0. The van der Waals surface area contributed by atoms with E-state index in [2.05, 4.69) is 26.7 Å². The quantitative estimate of drug-likeness (QED) is 0.800. The maximum Gasteiger partial charge on any atom is 0.245 e. The molecular formula is C16H17N5O2. The molecule has 7 nitrogen and oxygen atoms in total. The lowest BCUT2D eigenvalue weighted by Crippen LogP contribution is -2.34. The van der Waals surface area contributed by atoms with Gasteiger partial charge in [-0.15, -0.1) is 0 Å². The van der Waals surface area contributed by atoms with Crippen LogP contribution in [0.5, 0.6) is 0 Å². The first-order chi connectivity index (χ1) is 11.2. The molecule has 2 aliphatic rings. The highest BCUT2D eigenvalue weighted by atomic mass is 16.5. The van der Waals surface area contributed by atoms with E-state index >= 15 is 0 Å². The fraction of sp³-hybridized carbons (Fsp3) is 0.438. The summed E-state index contributed by atoms with van der Waals surface area (Å²) in [4.78, 5) is 26.6. The van der Waals surface area contributed by atoms with E-state index in [-0.39, 0.29) is 11.3 Å². The smallest absolute Gasteiger partial charge is 0.245 e.